The van der Waals surface area contributed by atoms with Crippen LogP contribution in [0.15, 0.2) is 18.5 Å². The Hall–Kier alpha value is -1.31. The molecule has 0 unspecified atom stereocenters. The van der Waals surface area contributed by atoms with E-state index < -0.39 is 0 Å². The molecule has 1 aliphatic rings. The zero-order chi connectivity index (χ0) is 11.3. The van der Waals surface area contributed by atoms with Crippen LogP contribution in [0.1, 0.15) is 50.7 Å². The second-order valence-corrected chi connectivity index (χ2v) is 5.89. The van der Waals surface area contributed by atoms with E-state index in [0.29, 0.717) is 0 Å². The maximum Gasteiger partial charge on any atom is 0.137 e. The van der Waals surface area contributed by atoms with Gasteiger partial charge in [0, 0.05) is 17.8 Å². The van der Waals surface area contributed by atoms with E-state index in [1.165, 1.54) is 29.4 Å². The average Bonchev–Trinajstić information content (AvgIpc) is 2.96. The van der Waals surface area contributed by atoms with Crippen LogP contribution in [-0.2, 0) is 5.41 Å². The van der Waals surface area contributed by atoms with Crippen LogP contribution in [0.4, 0.5) is 0 Å². The van der Waals surface area contributed by atoms with Crippen LogP contribution in [-0.4, -0.2) is 9.97 Å². The van der Waals surface area contributed by atoms with Crippen molar-refractivity contribution in [3.8, 4) is 0 Å². The lowest BCUT2D eigenvalue weighted by atomic mass is 9.87. The van der Waals surface area contributed by atoms with Gasteiger partial charge in [0.1, 0.15) is 5.65 Å². The first-order valence-corrected chi connectivity index (χ1v) is 6.03. The number of hydrogen-bond acceptors (Lipinski definition) is 1. The maximum absolute atomic E-state index is 4.52. The molecule has 84 valence electrons. The van der Waals surface area contributed by atoms with Crippen LogP contribution in [0.2, 0.25) is 0 Å². The van der Waals surface area contributed by atoms with E-state index in [1.54, 1.807) is 0 Å². The van der Waals surface area contributed by atoms with Gasteiger partial charge in [-0.05, 0) is 41.4 Å². The molecule has 1 saturated carbocycles. The van der Waals surface area contributed by atoms with E-state index in [9.17, 15) is 0 Å². The second kappa shape index (κ2) is 3.09. The van der Waals surface area contributed by atoms with E-state index in [4.69, 9.17) is 0 Å². The summed E-state index contributed by atoms with van der Waals surface area (Å²) in [6.07, 6.45) is 6.82. The summed E-state index contributed by atoms with van der Waals surface area (Å²) in [7, 11) is 0. The number of H-pyrrole nitrogens is 1. The monoisotopic (exact) mass is 214 g/mol. The Balaban J connectivity index is 2.17. The zero-order valence-corrected chi connectivity index (χ0v) is 10.2. The summed E-state index contributed by atoms with van der Waals surface area (Å²) in [6, 6.07) is 2.31. The predicted octanol–water partition coefficient (Wildman–Crippen LogP) is 3.74. The summed E-state index contributed by atoms with van der Waals surface area (Å²) >= 11 is 0. The number of fused-ring (bicyclic) bond motifs is 1. The van der Waals surface area contributed by atoms with E-state index >= 15 is 0 Å². The fraction of sp³-hybridized carbons (Fsp3) is 0.500. The first-order chi connectivity index (χ1) is 7.55. The van der Waals surface area contributed by atoms with Crippen molar-refractivity contribution in [2.24, 2.45) is 0 Å². The molecule has 0 aromatic carbocycles. The fourth-order valence-electron chi connectivity index (χ4n) is 2.17. The molecule has 3 rings (SSSR count). The van der Waals surface area contributed by atoms with Gasteiger partial charge < -0.3 is 4.98 Å². The number of aromatic nitrogens is 2. The average molecular weight is 214 g/mol. The molecular weight excluding hydrogens is 196 g/mol. The van der Waals surface area contributed by atoms with E-state index in [-0.39, 0.29) is 5.41 Å². The molecule has 1 N–H and O–H groups in total. The van der Waals surface area contributed by atoms with Crippen LogP contribution in [0.25, 0.3) is 11.0 Å². The van der Waals surface area contributed by atoms with Gasteiger partial charge in [-0.25, -0.2) is 4.98 Å². The summed E-state index contributed by atoms with van der Waals surface area (Å²) in [5.41, 5.74) is 4.00. The Bertz CT molecular complexity index is 527. The number of hydrogen-bond donors (Lipinski definition) is 1. The van der Waals surface area contributed by atoms with Crippen LogP contribution < -0.4 is 0 Å². The summed E-state index contributed by atoms with van der Waals surface area (Å²) in [5, 5.41) is 1.33. The molecule has 2 nitrogen and oxygen atoms in total. The largest absolute Gasteiger partial charge is 0.346 e. The van der Waals surface area contributed by atoms with Crippen LogP contribution in [0, 0.1) is 0 Å². The van der Waals surface area contributed by atoms with E-state index in [1.807, 2.05) is 6.20 Å². The molecule has 0 saturated heterocycles. The molecule has 2 aromatic heterocycles. The minimum absolute atomic E-state index is 0.180. The van der Waals surface area contributed by atoms with Crippen LogP contribution in [0.5, 0.6) is 0 Å². The Morgan fingerprint density at radius 3 is 2.69 bits per heavy atom. The molecule has 1 aliphatic carbocycles. The summed E-state index contributed by atoms with van der Waals surface area (Å²) in [6.45, 7) is 6.71. The van der Waals surface area contributed by atoms with Gasteiger partial charge in [0.05, 0.1) is 0 Å². The van der Waals surface area contributed by atoms with Crippen molar-refractivity contribution in [2.75, 3.05) is 0 Å². The first-order valence-electron chi connectivity index (χ1n) is 6.03. The molecule has 2 heterocycles. The van der Waals surface area contributed by atoms with Gasteiger partial charge in [0.15, 0.2) is 0 Å². The van der Waals surface area contributed by atoms with Crippen molar-refractivity contribution in [2.45, 2.75) is 44.9 Å². The molecular formula is C14H18N2. The summed E-state index contributed by atoms with van der Waals surface area (Å²) in [5.74, 6) is 0.783. The lowest BCUT2D eigenvalue weighted by Crippen LogP contribution is -2.11. The summed E-state index contributed by atoms with van der Waals surface area (Å²) < 4.78 is 0. The molecule has 0 bridgehead atoms. The highest BCUT2D eigenvalue weighted by Crippen LogP contribution is 2.43. The lowest BCUT2D eigenvalue weighted by Gasteiger charge is -2.18. The van der Waals surface area contributed by atoms with Gasteiger partial charge in [-0.2, -0.15) is 0 Å². The molecule has 16 heavy (non-hydrogen) atoms. The number of rotatable bonds is 1. The number of nitrogens with one attached hydrogen (secondary N) is 1. The minimum atomic E-state index is 0.180. The van der Waals surface area contributed by atoms with Gasteiger partial charge in [-0.3, -0.25) is 0 Å². The normalized spacial score (nSPS) is 16.9. The molecule has 0 radical (unpaired) electrons. The van der Waals surface area contributed by atoms with Gasteiger partial charge in [-0.1, -0.05) is 20.8 Å². The van der Waals surface area contributed by atoms with Gasteiger partial charge >= 0.3 is 0 Å². The number of aromatic amines is 1. The molecule has 0 aliphatic heterocycles. The molecule has 0 amide bonds. The Morgan fingerprint density at radius 2 is 2.06 bits per heavy atom. The molecule has 1 fully saturated rings. The van der Waals surface area contributed by atoms with Gasteiger partial charge in [0.25, 0.3) is 0 Å². The SMILES string of the molecule is CC(C)(C)c1cnc2[nH]cc(C3CC3)c2c1. The third kappa shape index (κ3) is 1.53. The van der Waals surface area contributed by atoms with Crippen molar-refractivity contribution < 1.29 is 0 Å². The van der Waals surface area contributed by atoms with Crippen molar-refractivity contribution in [3.63, 3.8) is 0 Å². The molecule has 2 heteroatoms. The third-order valence-electron chi connectivity index (χ3n) is 3.45. The smallest absolute Gasteiger partial charge is 0.137 e. The highest BCUT2D eigenvalue weighted by Gasteiger charge is 2.27. The van der Waals surface area contributed by atoms with Crippen molar-refractivity contribution in [1.82, 2.24) is 9.97 Å². The van der Waals surface area contributed by atoms with Gasteiger partial charge in [-0.15, -0.1) is 0 Å². The van der Waals surface area contributed by atoms with Crippen LogP contribution >= 0.6 is 0 Å². The van der Waals surface area contributed by atoms with E-state index in [0.717, 1.165) is 11.6 Å². The number of nitrogens with zero attached hydrogens (tertiary/aromatic N) is 1. The highest BCUT2D eigenvalue weighted by molar-refractivity contribution is 5.81. The van der Waals surface area contributed by atoms with E-state index in [2.05, 4.69) is 43.0 Å². The first kappa shape index (κ1) is 9.88. The third-order valence-corrected chi connectivity index (χ3v) is 3.45. The standard InChI is InChI=1S/C14H18N2/c1-14(2,3)10-6-11-12(9-4-5-9)8-16-13(11)15-7-10/h6-9H,4-5H2,1-3H3,(H,15,16). The van der Waals surface area contributed by atoms with Crippen molar-refractivity contribution in [1.29, 1.82) is 0 Å². The Morgan fingerprint density at radius 1 is 1.31 bits per heavy atom. The quantitative estimate of drug-likeness (QED) is 0.769. The fourth-order valence-corrected chi connectivity index (χ4v) is 2.17. The highest BCUT2D eigenvalue weighted by atomic mass is 14.8. The Kier molecular flexibility index (Phi) is 1.91. The lowest BCUT2D eigenvalue weighted by molar-refractivity contribution is 0.588. The number of pyridine rings is 1. The minimum Gasteiger partial charge on any atom is -0.346 e. The molecule has 0 spiro atoms. The maximum atomic E-state index is 4.52. The second-order valence-electron chi connectivity index (χ2n) is 5.89. The van der Waals surface area contributed by atoms with Crippen molar-refractivity contribution >= 4 is 11.0 Å². The molecule has 0 atom stereocenters. The van der Waals surface area contributed by atoms with Crippen molar-refractivity contribution in [3.05, 3.63) is 29.6 Å². The van der Waals surface area contributed by atoms with Crippen LogP contribution in [0.3, 0.4) is 0 Å². The molecule has 2 aromatic rings. The topological polar surface area (TPSA) is 28.7 Å². The summed E-state index contributed by atoms with van der Waals surface area (Å²) in [4.78, 5) is 7.80. The Labute approximate surface area is 96.1 Å². The zero-order valence-electron chi connectivity index (χ0n) is 10.2. The van der Waals surface area contributed by atoms with Gasteiger partial charge in [0.2, 0.25) is 0 Å². The predicted molar refractivity (Wildman–Crippen MR) is 66.8 cm³/mol.